The highest BCUT2D eigenvalue weighted by Crippen LogP contribution is 2.34. The molecule has 1 aromatic heterocycles. The number of hydrogen-bond acceptors (Lipinski definition) is 6. The summed E-state index contributed by atoms with van der Waals surface area (Å²) in [6, 6.07) is 18.2. The zero-order valence-electron chi connectivity index (χ0n) is 21.0. The van der Waals surface area contributed by atoms with E-state index in [-0.39, 0.29) is 6.10 Å². The summed E-state index contributed by atoms with van der Waals surface area (Å²) in [7, 11) is 1.91. The number of nitrogens with zero attached hydrogens (tertiary/aromatic N) is 3. The van der Waals surface area contributed by atoms with E-state index < -0.39 is 6.10 Å². The van der Waals surface area contributed by atoms with Crippen molar-refractivity contribution in [1.29, 1.82) is 0 Å². The molecule has 0 radical (unpaired) electrons. The monoisotopic (exact) mass is 479 g/mol. The lowest BCUT2D eigenvalue weighted by Crippen LogP contribution is -2.39. The molecule has 1 aliphatic rings. The summed E-state index contributed by atoms with van der Waals surface area (Å²) >= 11 is 0. The number of rotatable bonds is 12. The Bertz CT molecular complexity index is 1060. The molecule has 2 aromatic carbocycles. The number of benzene rings is 2. The molecule has 2 heterocycles. The Hall–Kier alpha value is -2.71. The van der Waals surface area contributed by atoms with E-state index in [1.54, 1.807) is 4.68 Å². The molecule has 7 heteroatoms. The Morgan fingerprint density at radius 2 is 2.03 bits per heavy atom. The van der Waals surface area contributed by atoms with Crippen molar-refractivity contribution in [2.24, 2.45) is 7.05 Å². The Labute approximate surface area is 208 Å². The van der Waals surface area contributed by atoms with Gasteiger partial charge < -0.3 is 19.3 Å². The third-order valence-corrected chi connectivity index (χ3v) is 6.19. The third-order valence-electron chi connectivity index (χ3n) is 6.19. The maximum atomic E-state index is 10.7. The molecule has 1 saturated heterocycles. The molecular formula is C28H37N3O4. The molecule has 4 rings (SSSR count). The molecule has 35 heavy (non-hydrogen) atoms. The van der Waals surface area contributed by atoms with Gasteiger partial charge in [0.05, 0.1) is 24.4 Å². The van der Waals surface area contributed by atoms with Crippen molar-refractivity contribution >= 4 is 0 Å². The topological polar surface area (TPSA) is 69.0 Å². The molecule has 0 unspecified atom stereocenters. The molecule has 0 aliphatic carbocycles. The Balaban J connectivity index is 1.67. The smallest absolute Gasteiger partial charge is 0.222 e. The quantitative estimate of drug-likeness (QED) is 0.411. The molecule has 0 amide bonds. The minimum Gasteiger partial charge on any atom is -0.439 e. The van der Waals surface area contributed by atoms with Crippen molar-refractivity contribution in [3.05, 3.63) is 65.7 Å². The summed E-state index contributed by atoms with van der Waals surface area (Å²) in [6.45, 7) is 7.46. The van der Waals surface area contributed by atoms with Gasteiger partial charge in [-0.25, -0.2) is 4.68 Å². The van der Waals surface area contributed by atoms with Crippen LogP contribution in [0.5, 0.6) is 11.6 Å². The maximum absolute atomic E-state index is 10.7. The van der Waals surface area contributed by atoms with Crippen molar-refractivity contribution in [2.45, 2.75) is 45.4 Å². The van der Waals surface area contributed by atoms with Gasteiger partial charge in [-0.05, 0) is 44.4 Å². The first kappa shape index (κ1) is 25.4. The van der Waals surface area contributed by atoms with E-state index in [9.17, 15) is 5.11 Å². The van der Waals surface area contributed by atoms with Gasteiger partial charge in [-0.3, -0.25) is 4.90 Å². The highest BCUT2D eigenvalue weighted by Gasteiger charge is 2.26. The van der Waals surface area contributed by atoms with Crippen LogP contribution in [0.1, 0.15) is 30.9 Å². The third kappa shape index (κ3) is 6.92. The number of hydrogen-bond donors (Lipinski definition) is 1. The van der Waals surface area contributed by atoms with Crippen LogP contribution in [-0.2, 0) is 23.1 Å². The molecule has 1 aliphatic heterocycles. The number of aliphatic hydroxyl groups is 1. The first-order valence-electron chi connectivity index (χ1n) is 12.5. The number of aromatic nitrogens is 2. The average molecular weight is 480 g/mol. The summed E-state index contributed by atoms with van der Waals surface area (Å²) in [5.74, 6) is 1.47. The van der Waals surface area contributed by atoms with Crippen LogP contribution in [0.4, 0.5) is 0 Å². The van der Waals surface area contributed by atoms with Crippen LogP contribution in [0, 0.1) is 6.92 Å². The van der Waals surface area contributed by atoms with E-state index >= 15 is 0 Å². The van der Waals surface area contributed by atoms with Gasteiger partial charge in [0, 0.05) is 45.5 Å². The van der Waals surface area contributed by atoms with Gasteiger partial charge >= 0.3 is 0 Å². The molecule has 0 saturated carbocycles. The van der Waals surface area contributed by atoms with Crippen molar-refractivity contribution in [2.75, 3.05) is 32.9 Å². The van der Waals surface area contributed by atoms with E-state index in [2.05, 4.69) is 30.0 Å². The fourth-order valence-electron chi connectivity index (χ4n) is 4.55. The lowest BCUT2D eigenvalue weighted by Gasteiger charge is -2.27. The van der Waals surface area contributed by atoms with Crippen LogP contribution in [-0.4, -0.2) is 64.9 Å². The highest BCUT2D eigenvalue weighted by atomic mass is 16.5. The van der Waals surface area contributed by atoms with E-state index in [1.807, 2.05) is 50.4 Å². The zero-order chi connectivity index (χ0) is 24.6. The van der Waals surface area contributed by atoms with Crippen LogP contribution in [0.25, 0.3) is 11.3 Å². The van der Waals surface area contributed by atoms with Gasteiger partial charge in [-0.1, -0.05) is 42.5 Å². The standard InChI is InChI=1S/C28H37N3O4/c1-4-33-20-23(32)17-31(18-25-14-9-15-34-25)19-26-27(22-11-6-5-7-12-22)29-30(3)28(26)35-24-13-8-10-21(2)16-24/h5-8,10-13,16,23,25,32H,4,9,14-15,17-20H2,1-3H3/t23-,25-/m1/s1. The molecule has 188 valence electrons. The van der Waals surface area contributed by atoms with Crippen LogP contribution in [0.3, 0.4) is 0 Å². The van der Waals surface area contributed by atoms with Gasteiger partial charge in [0.1, 0.15) is 11.4 Å². The van der Waals surface area contributed by atoms with Gasteiger partial charge in [-0.15, -0.1) is 0 Å². The zero-order valence-corrected chi connectivity index (χ0v) is 21.0. The highest BCUT2D eigenvalue weighted by molar-refractivity contribution is 5.65. The van der Waals surface area contributed by atoms with Gasteiger partial charge in [0.15, 0.2) is 0 Å². The summed E-state index contributed by atoms with van der Waals surface area (Å²) in [6.07, 6.45) is 1.68. The molecule has 1 N–H and O–H groups in total. The molecule has 0 bridgehead atoms. The molecule has 0 spiro atoms. The summed E-state index contributed by atoms with van der Waals surface area (Å²) in [4.78, 5) is 2.24. The van der Waals surface area contributed by atoms with Crippen molar-refractivity contribution in [1.82, 2.24) is 14.7 Å². The Morgan fingerprint density at radius 3 is 2.74 bits per heavy atom. The second kappa shape index (κ2) is 12.3. The largest absolute Gasteiger partial charge is 0.439 e. The van der Waals surface area contributed by atoms with Crippen molar-refractivity contribution in [3.63, 3.8) is 0 Å². The molecule has 2 atom stereocenters. The van der Waals surface area contributed by atoms with E-state index in [1.165, 1.54) is 0 Å². The van der Waals surface area contributed by atoms with E-state index in [4.69, 9.17) is 19.3 Å². The lowest BCUT2D eigenvalue weighted by atomic mass is 10.1. The Kier molecular flexibility index (Phi) is 8.93. The molecule has 7 nitrogen and oxygen atoms in total. The van der Waals surface area contributed by atoms with Gasteiger partial charge in [0.25, 0.3) is 0 Å². The SMILES string of the molecule is CCOC[C@H](O)CN(Cc1c(-c2ccccc2)nn(C)c1Oc1cccc(C)c1)C[C@H]1CCCO1. The minimum atomic E-state index is -0.589. The van der Waals surface area contributed by atoms with Crippen molar-refractivity contribution < 1.29 is 19.3 Å². The van der Waals surface area contributed by atoms with Crippen LogP contribution >= 0.6 is 0 Å². The molecule has 3 aromatic rings. The fourth-order valence-corrected chi connectivity index (χ4v) is 4.55. The summed E-state index contributed by atoms with van der Waals surface area (Å²) < 4.78 is 19.6. The van der Waals surface area contributed by atoms with Gasteiger partial charge in [-0.2, -0.15) is 5.10 Å². The van der Waals surface area contributed by atoms with E-state index in [0.717, 1.165) is 54.1 Å². The molecule has 1 fully saturated rings. The number of aliphatic hydroxyl groups excluding tert-OH is 1. The second-order valence-electron chi connectivity index (χ2n) is 9.18. The van der Waals surface area contributed by atoms with Gasteiger partial charge in [0.2, 0.25) is 5.88 Å². The lowest BCUT2D eigenvalue weighted by molar-refractivity contribution is 0.00505. The number of aryl methyl sites for hydroxylation is 2. The van der Waals surface area contributed by atoms with Crippen molar-refractivity contribution in [3.8, 4) is 22.9 Å². The fraction of sp³-hybridized carbons (Fsp3) is 0.464. The summed E-state index contributed by atoms with van der Waals surface area (Å²) in [5, 5.41) is 15.5. The van der Waals surface area contributed by atoms with Crippen LogP contribution in [0.15, 0.2) is 54.6 Å². The predicted octanol–water partition coefficient (Wildman–Crippen LogP) is 4.57. The minimum absolute atomic E-state index is 0.160. The van der Waals surface area contributed by atoms with Crippen LogP contribution < -0.4 is 4.74 Å². The maximum Gasteiger partial charge on any atom is 0.222 e. The average Bonchev–Trinajstić information content (AvgIpc) is 3.47. The first-order valence-corrected chi connectivity index (χ1v) is 12.5. The second-order valence-corrected chi connectivity index (χ2v) is 9.18. The normalized spacial score (nSPS) is 16.7. The molecular weight excluding hydrogens is 442 g/mol. The predicted molar refractivity (Wildman–Crippen MR) is 137 cm³/mol. The summed E-state index contributed by atoms with van der Waals surface area (Å²) in [5.41, 5.74) is 4.03. The first-order chi connectivity index (χ1) is 17.0. The van der Waals surface area contributed by atoms with E-state index in [0.29, 0.717) is 32.2 Å². The van der Waals surface area contributed by atoms with Crippen LogP contribution in [0.2, 0.25) is 0 Å². The Morgan fingerprint density at radius 1 is 1.20 bits per heavy atom. The number of ether oxygens (including phenoxy) is 3.